The molecule has 0 unspecified atom stereocenters. The van der Waals surface area contributed by atoms with Gasteiger partial charge in [-0.2, -0.15) is 0 Å². The molecule has 2 aliphatic rings. The van der Waals surface area contributed by atoms with Gasteiger partial charge in [-0.3, -0.25) is 4.79 Å². The maximum Gasteiger partial charge on any atom is 0.226 e. The average Bonchev–Trinajstić information content (AvgIpc) is 3.22. The molecule has 0 radical (unpaired) electrons. The van der Waals surface area contributed by atoms with Gasteiger partial charge in [-0.15, -0.1) is 10.2 Å². The van der Waals surface area contributed by atoms with Gasteiger partial charge in [0.15, 0.2) is 5.65 Å². The second-order valence-corrected chi connectivity index (χ2v) is 9.32. The fraction of sp³-hybridized carbons (Fsp3) is 0.385. The SMILES string of the molecule is C[C@H]1CN(c2nc3ccccc3c3nnc(Cc4ccccc4)n23)CCN1C(=O)C1CCC1. The molecule has 2 aromatic carbocycles. The number of fused-ring (bicyclic) bond motifs is 3. The highest BCUT2D eigenvalue weighted by molar-refractivity contribution is 5.92. The third-order valence-corrected chi connectivity index (χ3v) is 7.15. The van der Waals surface area contributed by atoms with Gasteiger partial charge in [0.2, 0.25) is 11.9 Å². The number of para-hydroxylation sites is 1. The largest absolute Gasteiger partial charge is 0.338 e. The highest BCUT2D eigenvalue weighted by atomic mass is 16.2. The summed E-state index contributed by atoms with van der Waals surface area (Å²) < 4.78 is 2.12. The van der Waals surface area contributed by atoms with Gasteiger partial charge < -0.3 is 9.80 Å². The van der Waals surface area contributed by atoms with Crippen LogP contribution in [0, 0.1) is 5.92 Å². The maximum absolute atomic E-state index is 12.9. The molecule has 3 heterocycles. The van der Waals surface area contributed by atoms with Crippen molar-refractivity contribution < 1.29 is 4.79 Å². The number of rotatable bonds is 4. The van der Waals surface area contributed by atoms with Crippen molar-refractivity contribution in [1.29, 1.82) is 0 Å². The van der Waals surface area contributed by atoms with Crippen LogP contribution in [-0.4, -0.2) is 56.1 Å². The Kier molecular flexibility index (Phi) is 4.97. The van der Waals surface area contributed by atoms with Crippen molar-refractivity contribution in [3.8, 4) is 0 Å². The summed E-state index contributed by atoms with van der Waals surface area (Å²) in [6.07, 6.45) is 3.95. The van der Waals surface area contributed by atoms with Gasteiger partial charge in [-0.25, -0.2) is 9.38 Å². The molecular formula is C26H28N6O. The molecule has 1 amide bonds. The lowest BCUT2D eigenvalue weighted by Crippen LogP contribution is -2.56. The van der Waals surface area contributed by atoms with Crippen molar-refractivity contribution in [2.45, 2.75) is 38.6 Å². The zero-order valence-corrected chi connectivity index (χ0v) is 18.9. The molecule has 0 bridgehead atoms. The quantitative estimate of drug-likeness (QED) is 0.484. The van der Waals surface area contributed by atoms with Gasteiger partial charge in [0.05, 0.1) is 5.52 Å². The number of amides is 1. The van der Waals surface area contributed by atoms with Gasteiger partial charge in [0.1, 0.15) is 5.82 Å². The molecule has 1 aliphatic heterocycles. The van der Waals surface area contributed by atoms with E-state index in [9.17, 15) is 4.79 Å². The van der Waals surface area contributed by atoms with E-state index in [0.29, 0.717) is 12.3 Å². The highest BCUT2D eigenvalue weighted by Crippen LogP contribution is 2.31. The van der Waals surface area contributed by atoms with E-state index < -0.39 is 0 Å². The molecule has 7 heteroatoms. The minimum Gasteiger partial charge on any atom is -0.338 e. The van der Waals surface area contributed by atoms with Crippen LogP contribution >= 0.6 is 0 Å². The van der Waals surface area contributed by atoms with Crippen molar-refractivity contribution in [1.82, 2.24) is 24.5 Å². The van der Waals surface area contributed by atoms with E-state index in [1.807, 2.05) is 36.4 Å². The average molecular weight is 441 g/mol. The Labute approximate surface area is 193 Å². The van der Waals surface area contributed by atoms with Crippen LogP contribution in [0.25, 0.3) is 16.6 Å². The van der Waals surface area contributed by atoms with Crippen LogP contribution in [0.2, 0.25) is 0 Å². The van der Waals surface area contributed by atoms with Crippen LogP contribution in [0.4, 0.5) is 5.95 Å². The number of hydrogen-bond acceptors (Lipinski definition) is 5. The Morgan fingerprint density at radius 2 is 1.79 bits per heavy atom. The Balaban J connectivity index is 1.39. The van der Waals surface area contributed by atoms with Gasteiger partial charge in [0.25, 0.3) is 0 Å². The number of piperazine rings is 1. The maximum atomic E-state index is 12.9. The molecular weight excluding hydrogens is 412 g/mol. The minimum absolute atomic E-state index is 0.143. The molecule has 33 heavy (non-hydrogen) atoms. The van der Waals surface area contributed by atoms with Gasteiger partial charge >= 0.3 is 0 Å². The Bertz CT molecular complexity index is 1310. The Morgan fingerprint density at radius 3 is 2.55 bits per heavy atom. The van der Waals surface area contributed by atoms with Crippen LogP contribution in [-0.2, 0) is 11.2 Å². The van der Waals surface area contributed by atoms with Crippen LogP contribution in [0.15, 0.2) is 54.6 Å². The normalized spacial score (nSPS) is 19.2. The van der Waals surface area contributed by atoms with Gasteiger partial charge in [-0.1, -0.05) is 48.9 Å². The fourth-order valence-corrected chi connectivity index (χ4v) is 5.08. The highest BCUT2D eigenvalue weighted by Gasteiger charge is 2.35. The van der Waals surface area contributed by atoms with E-state index in [2.05, 4.69) is 49.5 Å². The summed E-state index contributed by atoms with van der Waals surface area (Å²) in [5, 5.41) is 10.2. The van der Waals surface area contributed by atoms with Crippen molar-refractivity contribution in [2.24, 2.45) is 5.92 Å². The third kappa shape index (κ3) is 3.52. The molecule has 1 saturated heterocycles. The number of carbonyl (C=O) groups is 1. The summed E-state index contributed by atoms with van der Waals surface area (Å²) in [6, 6.07) is 18.6. The molecule has 2 fully saturated rings. The van der Waals surface area contributed by atoms with Crippen LogP contribution in [0.1, 0.15) is 37.6 Å². The number of nitrogens with zero attached hydrogens (tertiary/aromatic N) is 6. The molecule has 0 N–H and O–H groups in total. The van der Waals surface area contributed by atoms with E-state index in [0.717, 1.165) is 60.8 Å². The lowest BCUT2D eigenvalue weighted by Gasteiger charge is -2.43. The first-order valence-corrected chi connectivity index (χ1v) is 11.9. The summed E-state index contributed by atoms with van der Waals surface area (Å²) in [6.45, 7) is 4.38. The first-order valence-electron chi connectivity index (χ1n) is 11.9. The van der Waals surface area contributed by atoms with E-state index in [1.165, 1.54) is 12.0 Å². The third-order valence-electron chi connectivity index (χ3n) is 7.15. The molecule has 1 saturated carbocycles. The number of aromatic nitrogens is 4. The first-order chi connectivity index (χ1) is 16.2. The summed E-state index contributed by atoms with van der Waals surface area (Å²) in [5.41, 5.74) is 2.94. The van der Waals surface area contributed by atoms with E-state index in [-0.39, 0.29) is 12.0 Å². The number of carbonyl (C=O) groups excluding carboxylic acids is 1. The van der Waals surface area contributed by atoms with Gasteiger partial charge in [-0.05, 0) is 37.5 Å². The van der Waals surface area contributed by atoms with E-state index >= 15 is 0 Å². The molecule has 1 aliphatic carbocycles. The zero-order chi connectivity index (χ0) is 22.4. The van der Waals surface area contributed by atoms with Crippen LogP contribution < -0.4 is 4.90 Å². The lowest BCUT2D eigenvalue weighted by molar-refractivity contribution is -0.140. The van der Waals surface area contributed by atoms with Crippen molar-refractivity contribution in [2.75, 3.05) is 24.5 Å². The predicted octanol–water partition coefficient (Wildman–Crippen LogP) is 3.71. The van der Waals surface area contributed by atoms with Crippen molar-refractivity contribution in [3.05, 3.63) is 66.0 Å². The Hall–Kier alpha value is -3.48. The van der Waals surface area contributed by atoms with E-state index in [1.54, 1.807) is 0 Å². The monoisotopic (exact) mass is 440 g/mol. The summed E-state index contributed by atoms with van der Waals surface area (Å²) in [5.74, 6) is 2.31. The lowest BCUT2D eigenvalue weighted by atomic mass is 9.84. The molecule has 2 aromatic heterocycles. The van der Waals surface area contributed by atoms with Crippen LogP contribution in [0.3, 0.4) is 0 Å². The number of benzene rings is 2. The predicted molar refractivity (Wildman–Crippen MR) is 128 cm³/mol. The fourth-order valence-electron chi connectivity index (χ4n) is 5.08. The van der Waals surface area contributed by atoms with Crippen molar-refractivity contribution >= 4 is 28.4 Å². The molecule has 168 valence electrons. The molecule has 1 atom stereocenters. The topological polar surface area (TPSA) is 66.6 Å². The minimum atomic E-state index is 0.143. The van der Waals surface area contributed by atoms with Gasteiger partial charge in [0, 0.05) is 43.4 Å². The zero-order valence-electron chi connectivity index (χ0n) is 18.9. The standard InChI is InChI=1S/C26H28N6O/c1-18-17-30(14-15-31(18)25(33)20-10-7-11-20)26-27-22-13-6-5-12-21(22)24-29-28-23(32(24)26)16-19-8-3-2-4-9-19/h2-6,8-9,12-13,18,20H,7,10-11,14-17H2,1H3/t18-/m0/s1. The van der Waals surface area contributed by atoms with E-state index in [4.69, 9.17) is 4.98 Å². The van der Waals surface area contributed by atoms with Crippen molar-refractivity contribution in [3.63, 3.8) is 0 Å². The molecule has 7 nitrogen and oxygen atoms in total. The molecule has 6 rings (SSSR count). The first kappa shape index (κ1) is 20.1. The Morgan fingerprint density at radius 1 is 1.00 bits per heavy atom. The second kappa shape index (κ2) is 8.14. The number of anilines is 1. The summed E-state index contributed by atoms with van der Waals surface area (Å²) in [4.78, 5) is 22.4. The molecule has 4 aromatic rings. The second-order valence-electron chi connectivity index (χ2n) is 9.32. The number of hydrogen-bond donors (Lipinski definition) is 0. The summed E-state index contributed by atoms with van der Waals surface area (Å²) >= 11 is 0. The molecule has 0 spiro atoms. The summed E-state index contributed by atoms with van der Waals surface area (Å²) in [7, 11) is 0. The van der Waals surface area contributed by atoms with Crippen LogP contribution in [0.5, 0.6) is 0 Å². The smallest absolute Gasteiger partial charge is 0.226 e.